The van der Waals surface area contributed by atoms with E-state index in [1.165, 1.54) is 0 Å². The second-order valence-corrected chi connectivity index (χ2v) is 6.05. The molecule has 0 saturated carbocycles. The summed E-state index contributed by atoms with van der Waals surface area (Å²) >= 11 is 0. The monoisotopic (exact) mass is 325 g/mol. The first-order valence-electron chi connectivity index (χ1n) is 8.06. The molecular weight excluding hydrogens is 302 g/mol. The van der Waals surface area contributed by atoms with E-state index in [4.69, 9.17) is 4.74 Å². The number of hydrogen-bond donors (Lipinski definition) is 1. The van der Waals surface area contributed by atoms with Crippen LogP contribution in [-0.4, -0.2) is 18.5 Å². The molecule has 0 spiro atoms. The standard InChI is InChI=1S/C20H23NO3/c1-14(2)17-10-6-7-11-18(17)21-19(22)13-24-20(23)12-16-9-5-4-8-15(16)3/h4-11,14H,12-13H2,1-3H3,(H,21,22). The summed E-state index contributed by atoms with van der Waals surface area (Å²) in [4.78, 5) is 23.9. The van der Waals surface area contributed by atoms with Crippen molar-refractivity contribution in [3.63, 3.8) is 0 Å². The van der Waals surface area contributed by atoms with Crippen LogP contribution in [0.3, 0.4) is 0 Å². The maximum Gasteiger partial charge on any atom is 0.310 e. The van der Waals surface area contributed by atoms with E-state index >= 15 is 0 Å². The summed E-state index contributed by atoms with van der Waals surface area (Å²) in [6, 6.07) is 15.3. The second kappa shape index (κ2) is 8.29. The van der Waals surface area contributed by atoms with Crippen molar-refractivity contribution in [2.45, 2.75) is 33.1 Å². The fourth-order valence-corrected chi connectivity index (χ4v) is 2.46. The number of aryl methyl sites for hydroxylation is 1. The van der Waals surface area contributed by atoms with Gasteiger partial charge in [0, 0.05) is 5.69 Å². The molecule has 0 aliphatic carbocycles. The molecule has 2 aromatic carbocycles. The van der Waals surface area contributed by atoms with E-state index in [1.807, 2.05) is 55.5 Å². The minimum atomic E-state index is -0.406. The number of rotatable bonds is 6. The van der Waals surface area contributed by atoms with Crippen LogP contribution < -0.4 is 5.32 Å². The Bertz CT molecular complexity index is 722. The number of hydrogen-bond acceptors (Lipinski definition) is 3. The molecule has 24 heavy (non-hydrogen) atoms. The van der Waals surface area contributed by atoms with Crippen molar-refractivity contribution in [2.24, 2.45) is 0 Å². The molecule has 0 unspecified atom stereocenters. The van der Waals surface area contributed by atoms with Crippen molar-refractivity contribution in [3.05, 3.63) is 65.2 Å². The zero-order valence-electron chi connectivity index (χ0n) is 14.3. The van der Waals surface area contributed by atoms with Gasteiger partial charge in [-0.1, -0.05) is 56.3 Å². The summed E-state index contributed by atoms with van der Waals surface area (Å²) in [5.41, 5.74) is 3.75. The van der Waals surface area contributed by atoms with E-state index in [-0.39, 0.29) is 18.9 Å². The minimum absolute atomic E-state index is 0.169. The SMILES string of the molecule is Cc1ccccc1CC(=O)OCC(=O)Nc1ccccc1C(C)C. The maximum absolute atomic E-state index is 12.0. The molecule has 0 heterocycles. The molecule has 0 radical (unpaired) electrons. The first kappa shape index (κ1) is 17.7. The van der Waals surface area contributed by atoms with Gasteiger partial charge in [0.05, 0.1) is 6.42 Å². The third-order valence-electron chi connectivity index (χ3n) is 3.82. The van der Waals surface area contributed by atoms with Crippen molar-refractivity contribution in [1.82, 2.24) is 0 Å². The van der Waals surface area contributed by atoms with Gasteiger partial charge in [0.2, 0.25) is 0 Å². The van der Waals surface area contributed by atoms with Gasteiger partial charge in [0.25, 0.3) is 5.91 Å². The van der Waals surface area contributed by atoms with Crippen molar-refractivity contribution < 1.29 is 14.3 Å². The smallest absolute Gasteiger partial charge is 0.310 e. The van der Waals surface area contributed by atoms with Crippen LogP contribution in [0.25, 0.3) is 0 Å². The van der Waals surface area contributed by atoms with Crippen molar-refractivity contribution in [3.8, 4) is 0 Å². The summed E-state index contributed by atoms with van der Waals surface area (Å²) in [5, 5.41) is 2.81. The molecule has 1 amide bonds. The molecule has 0 aliphatic heterocycles. The Morgan fingerprint density at radius 2 is 1.71 bits per heavy atom. The van der Waals surface area contributed by atoms with Gasteiger partial charge >= 0.3 is 5.97 Å². The highest BCUT2D eigenvalue weighted by Crippen LogP contribution is 2.23. The largest absolute Gasteiger partial charge is 0.455 e. The predicted molar refractivity (Wildman–Crippen MR) is 95.0 cm³/mol. The van der Waals surface area contributed by atoms with Crippen molar-refractivity contribution >= 4 is 17.6 Å². The van der Waals surface area contributed by atoms with Gasteiger partial charge in [0.15, 0.2) is 6.61 Å². The van der Waals surface area contributed by atoms with Gasteiger partial charge in [-0.15, -0.1) is 0 Å². The third kappa shape index (κ3) is 4.95. The van der Waals surface area contributed by atoms with E-state index < -0.39 is 5.97 Å². The van der Waals surface area contributed by atoms with Crippen molar-refractivity contribution in [1.29, 1.82) is 0 Å². The highest BCUT2D eigenvalue weighted by Gasteiger charge is 2.12. The number of para-hydroxylation sites is 1. The van der Waals surface area contributed by atoms with Crippen LogP contribution in [-0.2, 0) is 20.7 Å². The Morgan fingerprint density at radius 3 is 2.42 bits per heavy atom. The summed E-state index contributed by atoms with van der Waals surface area (Å²) in [7, 11) is 0. The molecule has 4 nitrogen and oxygen atoms in total. The Hall–Kier alpha value is -2.62. The highest BCUT2D eigenvalue weighted by molar-refractivity contribution is 5.93. The molecule has 126 valence electrons. The quantitative estimate of drug-likeness (QED) is 0.821. The minimum Gasteiger partial charge on any atom is -0.455 e. The Balaban J connectivity index is 1.87. The fourth-order valence-electron chi connectivity index (χ4n) is 2.46. The lowest BCUT2D eigenvalue weighted by Crippen LogP contribution is -2.22. The van der Waals surface area contributed by atoms with E-state index in [9.17, 15) is 9.59 Å². The Kier molecular flexibility index (Phi) is 6.13. The number of nitrogens with one attached hydrogen (secondary N) is 1. The highest BCUT2D eigenvalue weighted by atomic mass is 16.5. The first-order valence-corrected chi connectivity index (χ1v) is 8.06. The number of esters is 1. The fraction of sp³-hybridized carbons (Fsp3) is 0.300. The third-order valence-corrected chi connectivity index (χ3v) is 3.82. The zero-order chi connectivity index (χ0) is 17.5. The van der Waals surface area contributed by atoms with Gasteiger partial charge in [-0.3, -0.25) is 9.59 Å². The molecule has 0 aromatic heterocycles. The van der Waals surface area contributed by atoms with Gasteiger partial charge in [-0.25, -0.2) is 0 Å². The van der Waals surface area contributed by atoms with Crippen LogP contribution in [0.2, 0.25) is 0 Å². The average Bonchev–Trinajstić information content (AvgIpc) is 2.55. The van der Waals surface area contributed by atoms with Crippen LogP contribution in [0, 0.1) is 6.92 Å². The Morgan fingerprint density at radius 1 is 1.04 bits per heavy atom. The summed E-state index contributed by atoms with van der Waals surface area (Å²) in [6.07, 6.45) is 0.169. The first-order chi connectivity index (χ1) is 11.5. The van der Waals surface area contributed by atoms with Crippen LogP contribution in [0.4, 0.5) is 5.69 Å². The molecule has 1 N–H and O–H groups in total. The summed E-state index contributed by atoms with van der Waals surface area (Å²) < 4.78 is 5.08. The normalized spacial score (nSPS) is 10.5. The van der Waals surface area contributed by atoms with Crippen LogP contribution in [0.15, 0.2) is 48.5 Å². The number of ether oxygens (including phenoxy) is 1. The number of carbonyl (C=O) groups excluding carboxylic acids is 2. The average molecular weight is 325 g/mol. The van der Waals surface area contributed by atoms with Crippen molar-refractivity contribution in [2.75, 3.05) is 11.9 Å². The molecule has 0 fully saturated rings. The second-order valence-electron chi connectivity index (χ2n) is 6.05. The van der Waals surface area contributed by atoms with E-state index in [1.54, 1.807) is 0 Å². The molecule has 0 atom stereocenters. The number of benzene rings is 2. The molecule has 0 aliphatic rings. The molecular formula is C20H23NO3. The number of carbonyl (C=O) groups is 2. The van der Waals surface area contributed by atoms with Gasteiger partial charge in [0.1, 0.15) is 0 Å². The van der Waals surface area contributed by atoms with E-state index in [0.29, 0.717) is 5.92 Å². The summed E-state index contributed by atoms with van der Waals surface area (Å²) in [6.45, 7) is 5.79. The van der Waals surface area contributed by atoms with Gasteiger partial charge in [-0.2, -0.15) is 0 Å². The summed E-state index contributed by atoms with van der Waals surface area (Å²) in [5.74, 6) is -0.442. The topological polar surface area (TPSA) is 55.4 Å². The number of anilines is 1. The molecule has 4 heteroatoms. The zero-order valence-corrected chi connectivity index (χ0v) is 14.3. The van der Waals surface area contributed by atoms with Crippen LogP contribution >= 0.6 is 0 Å². The number of amides is 1. The van der Waals surface area contributed by atoms with E-state index in [2.05, 4.69) is 19.2 Å². The molecule has 2 rings (SSSR count). The van der Waals surface area contributed by atoms with Crippen LogP contribution in [0.1, 0.15) is 36.5 Å². The van der Waals surface area contributed by atoms with Gasteiger partial charge < -0.3 is 10.1 Å². The molecule has 0 saturated heterocycles. The predicted octanol–water partition coefficient (Wildman–Crippen LogP) is 3.84. The maximum atomic E-state index is 12.0. The Labute approximate surface area is 142 Å². The van der Waals surface area contributed by atoms with Gasteiger partial charge in [-0.05, 0) is 35.6 Å². The van der Waals surface area contributed by atoms with E-state index in [0.717, 1.165) is 22.4 Å². The lowest BCUT2D eigenvalue weighted by atomic mass is 10.0. The van der Waals surface area contributed by atoms with Crippen LogP contribution in [0.5, 0.6) is 0 Å². The lowest BCUT2D eigenvalue weighted by Gasteiger charge is -2.13. The lowest BCUT2D eigenvalue weighted by molar-refractivity contribution is -0.146. The molecule has 0 bridgehead atoms. The molecule has 2 aromatic rings.